The van der Waals surface area contributed by atoms with E-state index in [-0.39, 0.29) is 5.38 Å². The third-order valence-corrected chi connectivity index (χ3v) is 3.73. The summed E-state index contributed by atoms with van der Waals surface area (Å²) in [6, 6.07) is 6.37. The molecular weight excluding hydrogens is 258 g/mol. The highest BCUT2D eigenvalue weighted by molar-refractivity contribution is 6.20. The van der Waals surface area contributed by atoms with Crippen LogP contribution in [-0.4, -0.2) is 34.6 Å². The van der Waals surface area contributed by atoms with Gasteiger partial charge in [0.1, 0.15) is 5.82 Å². The molecule has 0 saturated carbocycles. The van der Waals surface area contributed by atoms with Crippen LogP contribution in [0.4, 0.5) is 0 Å². The van der Waals surface area contributed by atoms with Gasteiger partial charge in [0.15, 0.2) is 0 Å². The zero-order valence-electron chi connectivity index (χ0n) is 12.2. The van der Waals surface area contributed by atoms with Gasteiger partial charge >= 0.3 is 0 Å². The molecular formula is C15H22ClN3. The number of alkyl halides is 1. The molecule has 0 aliphatic carbocycles. The lowest BCUT2D eigenvalue weighted by molar-refractivity contribution is 0.335. The molecule has 1 heterocycles. The highest BCUT2D eigenvalue weighted by atomic mass is 35.5. The van der Waals surface area contributed by atoms with Gasteiger partial charge in [-0.15, -0.1) is 11.6 Å². The Bertz CT molecular complexity index is 560. The van der Waals surface area contributed by atoms with Gasteiger partial charge in [0.2, 0.25) is 0 Å². The predicted molar refractivity (Wildman–Crippen MR) is 81.9 cm³/mol. The van der Waals surface area contributed by atoms with Gasteiger partial charge in [-0.05, 0) is 45.1 Å². The number of halogens is 1. The maximum absolute atomic E-state index is 6.27. The Morgan fingerprint density at radius 1 is 1.42 bits per heavy atom. The number of benzene rings is 1. The van der Waals surface area contributed by atoms with E-state index in [0.29, 0.717) is 0 Å². The summed E-state index contributed by atoms with van der Waals surface area (Å²) >= 11 is 6.27. The summed E-state index contributed by atoms with van der Waals surface area (Å²) in [6.07, 6.45) is 0. The van der Waals surface area contributed by atoms with E-state index >= 15 is 0 Å². The van der Waals surface area contributed by atoms with Crippen LogP contribution in [0, 0.1) is 6.92 Å². The van der Waals surface area contributed by atoms with E-state index in [9.17, 15) is 0 Å². The van der Waals surface area contributed by atoms with Gasteiger partial charge in [0, 0.05) is 13.1 Å². The predicted octanol–water partition coefficient (Wildman–Crippen LogP) is 3.60. The Balaban J connectivity index is 2.42. The monoisotopic (exact) mass is 279 g/mol. The van der Waals surface area contributed by atoms with Crippen molar-refractivity contribution in [2.24, 2.45) is 0 Å². The molecule has 0 amide bonds. The van der Waals surface area contributed by atoms with Crippen LogP contribution >= 0.6 is 11.6 Å². The summed E-state index contributed by atoms with van der Waals surface area (Å²) in [7, 11) is 2.13. The first-order chi connectivity index (χ1) is 9.02. The smallest absolute Gasteiger partial charge is 0.127 e. The van der Waals surface area contributed by atoms with Crippen molar-refractivity contribution in [3.05, 3.63) is 29.6 Å². The molecule has 19 heavy (non-hydrogen) atoms. The summed E-state index contributed by atoms with van der Waals surface area (Å²) in [5.41, 5.74) is 3.48. The third-order valence-electron chi connectivity index (χ3n) is 3.53. The van der Waals surface area contributed by atoms with Gasteiger partial charge in [-0.25, -0.2) is 4.98 Å². The molecule has 0 N–H and O–H groups in total. The summed E-state index contributed by atoms with van der Waals surface area (Å²) in [5, 5.41) is -0.0698. The average Bonchev–Trinajstić information content (AvgIpc) is 2.74. The largest absolute Gasteiger partial charge is 0.325 e. The minimum Gasteiger partial charge on any atom is -0.325 e. The van der Waals surface area contributed by atoms with Crippen molar-refractivity contribution >= 4 is 22.6 Å². The quantitative estimate of drug-likeness (QED) is 0.780. The van der Waals surface area contributed by atoms with E-state index in [1.807, 2.05) is 6.92 Å². The lowest BCUT2D eigenvalue weighted by atomic mass is 10.2. The number of aryl methyl sites for hydroxylation is 1. The van der Waals surface area contributed by atoms with Crippen molar-refractivity contribution in [2.75, 3.05) is 20.1 Å². The van der Waals surface area contributed by atoms with Gasteiger partial charge in [0.05, 0.1) is 16.4 Å². The zero-order chi connectivity index (χ0) is 14.0. The summed E-state index contributed by atoms with van der Waals surface area (Å²) < 4.78 is 2.26. The summed E-state index contributed by atoms with van der Waals surface area (Å²) in [5.74, 6) is 0.965. The first-order valence-corrected chi connectivity index (χ1v) is 7.26. The second-order valence-electron chi connectivity index (χ2n) is 5.13. The highest BCUT2D eigenvalue weighted by Crippen LogP contribution is 2.25. The van der Waals surface area contributed by atoms with Crippen molar-refractivity contribution in [3.8, 4) is 0 Å². The fourth-order valence-corrected chi connectivity index (χ4v) is 2.39. The SMILES string of the molecule is CCN(C)CCn1c(C(C)Cl)nc2ccc(C)cc21. The molecule has 0 saturated heterocycles. The van der Waals surface area contributed by atoms with Crippen molar-refractivity contribution in [1.82, 2.24) is 14.5 Å². The first-order valence-electron chi connectivity index (χ1n) is 6.82. The van der Waals surface area contributed by atoms with Crippen LogP contribution in [0.15, 0.2) is 18.2 Å². The van der Waals surface area contributed by atoms with Crippen molar-refractivity contribution in [1.29, 1.82) is 0 Å². The second kappa shape index (κ2) is 5.93. The molecule has 2 rings (SSSR count). The van der Waals surface area contributed by atoms with Gasteiger partial charge in [-0.2, -0.15) is 0 Å². The molecule has 0 bridgehead atoms. The normalized spacial score (nSPS) is 13.4. The topological polar surface area (TPSA) is 21.1 Å². The molecule has 4 heteroatoms. The molecule has 104 valence electrons. The molecule has 3 nitrogen and oxygen atoms in total. The number of likely N-dealkylation sites (N-methyl/N-ethyl adjacent to an activating group) is 1. The van der Waals surface area contributed by atoms with Crippen LogP contribution in [0.25, 0.3) is 11.0 Å². The third kappa shape index (κ3) is 3.10. The highest BCUT2D eigenvalue weighted by Gasteiger charge is 2.15. The molecule has 0 radical (unpaired) electrons. The molecule has 1 aromatic carbocycles. The molecule has 0 aliphatic heterocycles. The number of hydrogen-bond acceptors (Lipinski definition) is 2. The molecule has 1 unspecified atom stereocenters. The average molecular weight is 280 g/mol. The van der Waals surface area contributed by atoms with Crippen LogP contribution in [-0.2, 0) is 6.54 Å². The van der Waals surface area contributed by atoms with E-state index in [0.717, 1.165) is 31.0 Å². The van der Waals surface area contributed by atoms with Crippen molar-refractivity contribution in [2.45, 2.75) is 32.7 Å². The van der Waals surface area contributed by atoms with Crippen LogP contribution in [0.5, 0.6) is 0 Å². The lowest BCUT2D eigenvalue weighted by Gasteiger charge is -2.16. The molecule has 1 aromatic heterocycles. The van der Waals surface area contributed by atoms with Crippen molar-refractivity contribution < 1.29 is 0 Å². The maximum atomic E-state index is 6.27. The van der Waals surface area contributed by atoms with Crippen LogP contribution < -0.4 is 0 Å². The Morgan fingerprint density at radius 3 is 2.79 bits per heavy atom. The molecule has 1 atom stereocenters. The Kier molecular flexibility index (Phi) is 4.48. The second-order valence-corrected chi connectivity index (χ2v) is 5.78. The minimum atomic E-state index is -0.0698. The number of rotatable bonds is 5. The number of hydrogen-bond donors (Lipinski definition) is 0. The maximum Gasteiger partial charge on any atom is 0.127 e. The van der Waals surface area contributed by atoms with Gasteiger partial charge in [-0.1, -0.05) is 13.0 Å². The standard InChI is InChI=1S/C15H22ClN3/c1-5-18(4)8-9-19-14-10-11(2)6-7-13(14)17-15(19)12(3)16/h6-7,10,12H,5,8-9H2,1-4H3. The van der Waals surface area contributed by atoms with E-state index in [2.05, 4.69) is 53.5 Å². The van der Waals surface area contributed by atoms with Crippen LogP contribution in [0.3, 0.4) is 0 Å². The molecule has 2 aromatic rings. The number of imidazole rings is 1. The van der Waals surface area contributed by atoms with Gasteiger partial charge in [-0.3, -0.25) is 0 Å². The summed E-state index contributed by atoms with van der Waals surface area (Å²) in [4.78, 5) is 6.97. The zero-order valence-corrected chi connectivity index (χ0v) is 12.9. The number of aromatic nitrogens is 2. The fourth-order valence-electron chi connectivity index (χ4n) is 2.22. The van der Waals surface area contributed by atoms with Crippen LogP contribution in [0.2, 0.25) is 0 Å². The Labute approximate surface area is 120 Å². The first kappa shape index (κ1) is 14.4. The Morgan fingerprint density at radius 2 is 2.16 bits per heavy atom. The lowest BCUT2D eigenvalue weighted by Crippen LogP contribution is -2.23. The van der Waals surface area contributed by atoms with E-state index in [4.69, 9.17) is 11.6 Å². The van der Waals surface area contributed by atoms with E-state index in [1.165, 1.54) is 11.1 Å². The van der Waals surface area contributed by atoms with Crippen molar-refractivity contribution in [3.63, 3.8) is 0 Å². The number of fused-ring (bicyclic) bond motifs is 1. The van der Waals surface area contributed by atoms with Crippen LogP contribution in [0.1, 0.15) is 30.6 Å². The minimum absolute atomic E-state index is 0.0698. The fraction of sp³-hybridized carbons (Fsp3) is 0.533. The molecule has 0 aliphatic rings. The Hall–Kier alpha value is -1.06. The van der Waals surface area contributed by atoms with Gasteiger partial charge in [0.25, 0.3) is 0 Å². The summed E-state index contributed by atoms with van der Waals surface area (Å²) in [6.45, 7) is 9.25. The van der Waals surface area contributed by atoms with E-state index < -0.39 is 0 Å². The molecule has 0 fully saturated rings. The van der Waals surface area contributed by atoms with Gasteiger partial charge < -0.3 is 9.47 Å². The van der Waals surface area contributed by atoms with E-state index in [1.54, 1.807) is 0 Å². The molecule has 0 spiro atoms. The number of nitrogens with zero attached hydrogens (tertiary/aromatic N) is 3.